The number of anilines is 2. The van der Waals surface area contributed by atoms with Crippen LogP contribution in [0.25, 0.3) is 0 Å². The van der Waals surface area contributed by atoms with Crippen LogP contribution in [-0.4, -0.2) is 53.5 Å². The lowest BCUT2D eigenvalue weighted by molar-refractivity contribution is -0.132. The van der Waals surface area contributed by atoms with Crippen molar-refractivity contribution in [2.75, 3.05) is 29.9 Å². The van der Waals surface area contributed by atoms with E-state index < -0.39 is 12.2 Å². The number of urea groups is 1. The predicted molar refractivity (Wildman–Crippen MR) is 85.2 cm³/mol. The van der Waals surface area contributed by atoms with Crippen LogP contribution < -0.4 is 9.80 Å². The van der Waals surface area contributed by atoms with Crippen LogP contribution in [0.4, 0.5) is 16.2 Å². The number of aliphatic carboxylic acids is 1. The number of aliphatic hydroxyl groups excluding tert-OH is 1. The van der Waals surface area contributed by atoms with Crippen LogP contribution in [0.15, 0.2) is 48.2 Å². The summed E-state index contributed by atoms with van der Waals surface area (Å²) < 4.78 is 0. The Balaban J connectivity index is 1.92. The van der Waals surface area contributed by atoms with E-state index >= 15 is 0 Å². The van der Waals surface area contributed by atoms with Gasteiger partial charge in [-0.1, -0.05) is 6.07 Å². The van der Waals surface area contributed by atoms with Gasteiger partial charge >= 0.3 is 12.0 Å². The Morgan fingerprint density at radius 3 is 2.65 bits per heavy atom. The number of amides is 2. The molecule has 0 spiro atoms. The molecule has 2 heterocycles. The minimum atomic E-state index is -1.06. The van der Waals surface area contributed by atoms with E-state index in [1.165, 1.54) is 23.3 Å². The van der Waals surface area contributed by atoms with Gasteiger partial charge in [-0.3, -0.25) is 4.90 Å². The highest BCUT2D eigenvalue weighted by Gasteiger charge is 2.27. The molecule has 2 aliphatic heterocycles. The monoisotopic (exact) mass is 315 g/mol. The summed E-state index contributed by atoms with van der Waals surface area (Å²) >= 11 is 0. The van der Waals surface area contributed by atoms with Gasteiger partial charge in [0.25, 0.3) is 0 Å². The summed E-state index contributed by atoms with van der Waals surface area (Å²) in [6.07, 6.45) is 3.20. The second-order valence-corrected chi connectivity index (χ2v) is 5.45. The average Bonchev–Trinajstić information content (AvgIpc) is 2.87. The van der Waals surface area contributed by atoms with E-state index in [0.29, 0.717) is 24.5 Å². The fourth-order valence-corrected chi connectivity index (χ4v) is 2.61. The van der Waals surface area contributed by atoms with Crippen molar-refractivity contribution in [3.63, 3.8) is 0 Å². The maximum atomic E-state index is 12.1. The van der Waals surface area contributed by atoms with Crippen molar-refractivity contribution in [3.05, 3.63) is 48.2 Å². The summed E-state index contributed by atoms with van der Waals surface area (Å²) in [6, 6.07) is 7.02. The molecular formula is C16H17N3O4. The van der Waals surface area contributed by atoms with Gasteiger partial charge in [-0.15, -0.1) is 0 Å². The van der Waals surface area contributed by atoms with Crippen molar-refractivity contribution in [2.45, 2.75) is 6.23 Å². The SMILES string of the molecule is CN1CCN(c2cccc(N3C=C(C(=O)O)C=CC3O)c2)C1=O. The number of carbonyl (C=O) groups is 2. The number of rotatable bonds is 3. The van der Waals surface area contributed by atoms with E-state index in [2.05, 4.69) is 0 Å². The zero-order valence-electron chi connectivity index (χ0n) is 12.6. The minimum absolute atomic E-state index is 0.0806. The average molecular weight is 315 g/mol. The Bertz CT molecular complexity index is 713. The van der Waals surface area contributed by atoms with Crippen molar-refractivity contribution in [3.8, 4) is 0 Å². The van der Waals surface area contributed by atoms with Gasteiger partial charge < -0.3 is 20.0 Å². The maximum absolute atomic E-state index is 12.1. The normalized spacial score (nSPS) is 21.0. The zero-order valence-corrected chi connectivity index (χ0v) is 12.6. The van der Waals surface area contributed by atoms with Crippen LogP contribution >= 0.6 is 0 Å². The summed E-state index contributed by atoms with van der Waals surface area (Å²) in [7, 11) is 1.74. The number of carbonyl (C=O) groups excluding carboxylic acids is 1. The Hall–Kier alpha value is -2.80. The molecule has 1 aromatic carbocycles. The second-order valence-electron chi connectivity index (χ2n) is 5.45. The van der Waals surface area contributed by atoms with Gasteiger partial charge in [0.15, 0.2) is 0 Å². The molecule has 23 heavy (non-hydrogen) atoms. The topological polar surface area (TPSA) is 84.3 Å². The van der Waals surface area contributed by atoms with E-state index in [1.54, 1.807) is 35.0 Å². The molecule has 3 rings (SSSR count). The third-order valence-corrected chi connectivity index (χ3v) is 3.91. The van der Waals surface area contributed by atoms with Gasteiger partial charge in [-0.25, -0.2) is 9.59 Å². The van der Waals surface area contributed by atoms with Crippen LogP contribution in [-0.2, 0) is 4.79 Å². The number of hydrogen-bond donors (Lipinski definition) is 2. The van der Waals surface area contributed by atoms with Gasteiger partial charge in [0.2, 0.25) is 0 Å². The van der Waals surface area contributed by atoms with E-state index in [0.717, 1.165) is 0 Å². The lowest BCUT2D eigenvalue weighted by Crippen LogP contribution is -2.32. The minimum Gasteiger partial charge on any atom is -0.478 e. The number of nitrogens with zero attached hydrogens (tertiary/aromatic N) is 3. The number of likely N-dealkylation sites (N-methyl/N-ethyl adjacent to an activating group) is 1. The third-order valence-electron chi connectivity index (χ3n) is 3.91. The van der Waals surface area contributed by atoms with Crippen molar-refractivity contribution < 1.29 is 19.8 Å². The lowest BCUT2D eigenvalue weighted by Gasteiger charge is -2.28. The molecule has 7 heteroatoms. The number of carboxylic acid groups (broad SMARTS) is 1. The van der Waals surface area contributed by atoms with E-state index in [1.807, 2.05) is 6.07 Å². The molecule has 0 radical (unpaired) electrons. The number of hydrogen-bond acceptors (Lipinski definition) is 4. The van der Waals surface area contributed by atoms with Gasteiger partial charge in [0, 0.05) is 37.7 Å². The molecule has 0 aliphatic carbocycles. The van der Waals surface area contributed by atoms with Crippen molar-refractivity contribution in [1.29, 1.82) is 0 Å². The molecular weight excluding hydrogens is 298 g/mol. The molecule has 120 valence electrons. The van der Waals surface area contributed by atoms with E-state index in [4.69, 9.17) is 5.11 Å². The molecule has 1 saturated heterocycles. The van der Waals surface area contributed by atoms with Crippen molar-refractivity contribution >= 4 is 23.4 Å². The first-order valence-electron chi connectivity index (χ1n) is 7.20. The lowest BCUT2D eigenvalue weighted by atomic mass is 10.1. The van der Waals surface area contributed by atoms with Crippen molar-refractivity contribution in [2.24, 2.45) is 0 Å². The van der Waals surface area contributed by atoms with Crippen LogP contribution in [0.3, 0.4) is 0 Å². The Morgan fingerprint density at radius 1 is 1.26 bits per heavy atom. The highest BCUT2D eigenvalue weighted by molar-refractivity contribution is 5.94. The summed E-state index contributed by atoms with van der Waals surface area (Å²) in [6.45, 7) is 1.25. The van der Waals surface area contributed by atoms with Gasteiger partial charge in [-0.05, 0) is 30.4 Å². The fraction of sp³-hybridized carbons (Fsp3) is 0.250. The standard InChI is InChI=1S/C16H17N3O4/c1-17-7-8-18(16(17)23)12-3-2-4-13(9-12)19-10-11(15(21)22)5-6-14(19)20/h2-6,9-10,14,20H,7-8H2,1H3,(H,21,22). The molecule has 0 saturated carbocycles. The van der Waals surface area contributed by atoms with Crippen LogP contribution in [0.2, 0.25) is 0 Å². The van der Waals surface area contributed by atoms with Crippen LogP contribution in [0, 0.1) is 0 Å². The summed E-state index contributed by atoms with van der Waals surface area (Å²) in [5, 5.41) is 19.2. The Kier molecular flexibility index (Phi) is 3.79. The molecule has 0 aromatic heterocycles. The highest BCUT2D eigenvalue weighted by Crippen LogP contribution is 2.28. The quantitative estimate of drug-likeness (QED) is 0.876. The van der Waals surface area contributed by atoms with E-state index in [9.17, 15) is 14.7 Å². The third kappa shape index (κ3) is 2.78. The molecule has 2 N–H and O–H groups in total. The first kappa shape index (κ1) is 15.1. The molecule has 7 nitrogen and oxygen atoms in total. The van der Waals surface area contributed by atoms with Gasteiger partial charge in [0.1, 0.15) is 6.23 Å². The number of aliphatic hydroxyl groups is 1. The smallest absolute Gasteiger partial charge is 0.337 e. The maximum Gasteiger partial charge on any atom is 0.337 e. The molecule has 0 bridgehead atoms. The first-order chi connectivity index (χ1) is 11.0. The fourth-order valence-electron chi connectivity index (χ4n) is 2.61. The van der Waals surface area contributed by atoms with Gasteiger partial charge in [0.05, 0.1) is 5.57 Å². The number of carboxylic acids is 1. The summed E-state index contributed by atoms with van der Waals surface area (Å²) in [5.74, 6) is -1.06. The Labute approximate surface area is 133 Å². The van der Waals surface area contributed by atoms with Crippen LogP contribution in [0.1, 0.15) is 0 Å². The molecule has 1 atom stereocenters. The van der Waals surface area contributed by atoms with Crippen LogP contribution in [0.5, 0.6) is 0 Å². The highest BCUT2D eigenvalue weighted by atomic mass is 16.4. The van der Waals surface area contributed by atoms with Gasteiger partial charge in [-0.2, -0.15) is 0 Å². The molecule has 2 aliphatic rings. The summed E-state index contributed by atoms with van der Waals surface area (Å²) in [5.41, 5.74) is 1.40. The predicted octanol–water partition coefficient (Wildman–Crippen LogP) is 1.22. The first-order valence-corrected chi connectivity index (χ1v) is 7.20. The largest absolute Gasteiger partial charge is 0.478 e. The molecule has 1 aromatic rings. The second kappa shape index (κ2) is 5.77. The molecule has 1 unspecified atom stereocenters. The molecule has 1 fully saturated rings. The molecule has 2 amide bonds. The Morgan fingerprint density at radius 2 is 2.00 bits per heavy atom. The summed E-state index contributed by atoms with van der Waals surface area (Å²) in [4.78, 5) is 27.9. The number of benzene rings is 1. The zero-order chi connectivity index (χ0) is 16.6. The van der Waals surface area contributed by atoms with Crippen molar-refractivity contribution in [1.82, 2.24) is 4.90 Å². The van der Waals surface area contributed by atoms with E-state index in [-0.39, 0.29) is 11.6 Å².